The van der Waals surface area contributed by atoms with Crippen molar-refractivity contribution in [2.24, 2.45) is 0 Å². The standard InChI is InChI=1S/C17H24N2O/c1-3-13-18-16-12-8-7-11-15(16)17(20)19(2)14-9-5-4-6-10-14/h3,7-8,11-12,14,18H,1,4-6,9-10,13H2,2H3. The van der Waals surface area contributed by atoms with Crippen LogP contribution in [-0.4, -0.2) is 30.4 Å². The third-order valence-electron chi connectivity index (χ3n) is 4.04. The molecular weight excluding hydrogens is 248 g/mol. The molecule has 20 heavy (non-hydrogen) atoms. The lowest BCUT2D eigenvalue weighted by Crippen LogP contribution is -2.38. The summed E-state index contributed by atoms with van der Waals surface area (Å²) in [5.74, 6) is 0.115. The molecule has 0 unspecified atom stereocenters. The Bertz CT molecular complexity index is 464. The number of hydrogen-bond acceptors (Lipinski definition) is 2. The maximum absolute atomic E-state index is 12.7. The minimum absolute atomic E-state index is 0.115. The fraction of sp³-hybridized carbons (Fsp3) is 0.471. The number of anilines is 1. The lowest BCUT2D eigenvalue weighted by atomic mass is 9.94. The Labute approximate surface area is 121 Å². The fourth-order valence-electron chi connectivity index (χ4n) is 2.83. The summed E-state index contributed by atoms with van der Waals surface area (Å²) in [5, 5.41) is 3.24. The zero-order chi connectivity index (χ0) is 14.4. The molecule has 1 N–H and O–H groups in total. The van der Waals surface area contributed by atoms with E-state index < -0.39 is 0 Å². The molecule has 1 aromatic rings. The topological polar surface area (TPSA) is 32.3 Å². The molecule has 1 aliphatic carbocycles. The quantitative estimate of drug-likeness (QED) is 0.829. The van der Waals surface area contributed by atoms with E-state index in [1.165, 1.54) is 19.3 Å². The highest BCUT2D eigenvalue weighted by atomic mass is 16.2. The van der Waals surface area contributed by atoms with Crippen LogP contribution in [0.15, 0.2) is 36.9 Å². The van der Waals surface area contributed by atoms with E-state index in [0.717, 1.165) is 24.1 Å². The second-order valence-electron chi connectivity index (χ2n) is 5.42. The van der Waals surface area contributed by atoms with E-state index in [4.69, 9.17) is 0 Å². The van der Waals surface area contributed by atoms with Gasteiger partial charge in [-0.2, -0.15) is 0 Å². The summed E-state index contributed by atoms with van der Waals surface area (Å²) in [5.41, 5.74) is 1.64. The Morgan fingerprint density at radius 2 is 2.05 bits per heavy atom. The van der Waals surface area contributed by atoms with Gasteiger partial charge in [0.05, 0.1) is 5.56 Å². The van der Waals surface area contributed by atoms with Crippen molar-refractivity contribution in [1.82, 2.24) is 4.90 Å². The number of carbonyl (C=O) groups excluding carboxylic acids is 1. The van der Waals surface area contributed by atoms with Crippen molar-refractivity contribution in [3.8, 4) is 0 Å². The zero-order valence-electron chi connectivity index (χ0n) is 12.3. The average molecular weight is 272 g/mol. The third-order valence-corrected chi connectivity index (χ3v) is 4.04. The van der Waals surface area contributed by atoms with E-state index >= 15 is 0 Å². The fourth-order valence-corrected chi connectivity index (χ4v) is 2.83. The largest absolute Gasteiger partial charge is 0.381 e. The van der Waals surface area contributed by atoms with Crippen molar-refractivity contribution >= 4 is 11.6 Å². The lowest BCUT2D eigenvalue weighted by molar-refractivity contribution is 0.0697. The molecule has 0 aliphatic heterocycles. The van der Waals surface area contributed by atoms with Gasteiger partial charge in [0.25, 0.3) is 5.91 Å². The summed E-state index contributed by atoms with van der Waals surface area (Å²) in [6.45, 7) is 4.37. The van der Waals surface area contributed by atoms with Crippen molar-refractivity contribution in [3.05, 3.63) is 42.5 Å². The van der Waals surface area contributed by atoms with E-state index in [-0.39, 0.29) is 5.91 Å². The molecule has 0 aromatic heterocycles. The highest BCUT2D eigenvalue weighted by molar-refractivity contribution is 5.99. The number of hydrogen-bond donors (Lipinski definition) is 1. The number of para-hydroxylation sites is 1. The summed E-state index contributed by atoms with van der Waals surface area (Å²) >= 11 is 0. The molecule has 1 aliphatic rings. The molecule has 3 heteroatoms. The summed E-state index contributed by atoms with van der Waals surface area (Å²) in [6, 6.07) is 8.10. The van der Waals surface area contributed by atoms with Crippen LogP contribution in [-0.2, 0) is 0 Å². The first-order valence-corrected chi connectivity index (χ1v) is 7.45. The van der Waals surface area contributed by atoms with Crippen LogP contribution in [0.5, 0.6) is 0 Å². The van der Waals surface area contributed by atoms with Crippen LogP contribution in [0.1, 0.15) is 42.5 Å². The molecule has 1 saturated carbocycles. The Hall–Kier alpha value is -1.77. The van der Waals surface area contributed by atoms with E-state index in [2.05, 4.69) is 11.9 Å². The van der Waals surface area contributed by atoms with Gasteiger partial charge in [0, 0.05) is 25.3 Å². The molecule has 1 aromatic carbocycles. The van der Waals surface area contributed by atoms with Crippen LogP contribution in [0, 0.1) is 0 Å². The van der Waals surface area contributed by atoms with Gasteiger partial charge in [-0.1, -0.05) is 37.5 Å². The predicted octanol–water partition coefficient (Wildman–Crippen LogP) is 3.69. The van der Waals surface area contributed by atoms with E-state index in [9.17, 15) is 4.79 Å². The summed E-state index contributed by atoms with van der Waals surface area (Å²) in [4.78, 5) is 14.6. The third kappa shape index (κ3) is 3.41. The lowest BCUT2D eigenvalue weighted by Gasteiger charge is -2.31. The van der Waals surface area contributed by atoms with Gasteiger partial charge in [-0.15, -0.1) is 6.58 Å². The number of amides is 1. The number of nitrogens with one attached hydrogen (secondary N) is 1. The molecule has 0 bridgehead atoms. The summed E-state index contributed by atoms with van der Waals surface area (Å²) in [7, 11) is 1.93. The Balaban J connectivity index is 2.12. The zero-order valence-corrected chi connectivity index (χ0v) is 12.3. The van der Waals surface area contributed by atoms with Crippen molar-refractivity contribution in [2.75, 3.05) is 18.9 Å². The predicted molar refractivity (Wildman–Crippen MR) is 84.1 cm³/mol. The monoisotopic (exact) mass is 272 g/mol. The van der Waals surface area contributed by atoms with Gasteiger partial charge >= 0.3 is 0 Å². The smallest absolute Gasteiger partial charge is 0.255 e. The molecule has 0 saturated heterocycles. The Morgan fingerprint density at radius 1 is 1.35 bits per heavy atom. The number of carbonyl (C=O) groups is 1. The van der Waals surface area contributed by atoms with Gasteiger partial charge in [-0.05, 0) is 25.0 Å². The number of nitrogens with zero attached hydrogens (tertiary/aromatic N) is 1. The molecular formula is C17H24N2O. The first-order chi connectivity index (χ1) is 9.74. The molecule has 1 fully saturated rings. The Morgan fingerprint density at radius 3 is 2.75 bits per heavy atom. The normalized spacial score (nSPS) is 15.7. The molecule has 0 atom stereocenters. The molecule has 0 heterocycles. The van der Waals surface area contributed by atoms with Crippen LogP contribution in [0.2, 0.25) is 0 Å². The molecule has 0 radical (unpaired) electrons. The molecule has 3 nitrogen and oxygen atoms in total. The van der Waals surface area contributed by atoms with Crippen molar-refractivity contribution in [2.45, 2.75) is 38.1 Å². The van der Waals surface area contributed by atoms with Gasteiger partial charge < -0.3 is 10.2 Å². The second-order valence-corrected chi connectivity index (χ2v) is 5.42. The van der Waals surface area contributed by atoms with Crippen molar-refractivity contribution in [3.63, 3.8) is 0 Å². The van der Waals surface area contributed by atoms with Gasteiger partial charge in [0.1, 0.15) is 0 Å². The molecule has 2 rings (SSSR count). The van der Waals surface area contributed by atoms with Gasteiger partial charge in [-0.25, -0.2) is 0 Å². The van der Waals surface area contributed by atoms with E-state index in [0.29, 0.717) is 12.6 Å². The second kappa shape index (κ2) is 7.13. The summed E-state index contributed by atoms with van der Waals surface area (Å²) in [6.07, 6.45) is 7.83. The Kier molecular flexibility index (Phi) is 5.22. The van der Waals surface area contributed by atoms with Crippen molar-refractivity contribution in [1.29, 1.82) is 0 Å². The first-order valence-electron chi connectivity index (χ1n) is 7.45. The maximum Gasteiger partial charge on any atom is 0.255 e. The molecule has 1 amide bonds. The van der Waals surface area contributed by atoms with Gasteiger partial charge in [0.15, 0.2) is 0 Å². The van der Waals surface area contributed by atoms with E-state index in [1.807, 2.05) is 36.2 Å². The highest BCUT2D eigenvalue weighted by Crippen LogP contribution is 2.24. The van der Waals surface area contributed by atoms with Crippen LogP contribution < -0.4 is 5.32 Å². The molecule has 108 valence electrons. The first kappa shape index (κ1) is 14.6. The van der Waals surface area contributed by atoms with Crippen LogP contribution in [0.25, 0.3) is 0 Å². The summed E-state index contributed by atoms with van der Waals surface area (Å²) < 4.78 is 0. The van der Waals surface area contributed by atoms with Crippen LogP contribution in [0.4, 0.5) is 5.69 Å². The van der Waals surface area contributed by atoms with Crippen molar-refractivity contribution < 1.29 is 4.79 Å². The van der Waals surface area contributed by atoms with E-state index in [1.54, 1.807) is 6.08 Å². The SMILES string of the molecule is C=CCNc1ccccc1C(=O)N(C)C1CCCCC1. The van der Waals surface area contributed by atoms with Gasteiger partial charge in [0.2, 0.25) is 0 Å². The number of rotatable bonds is 5. The highest BCUT2D eigenvalue weighted by Gasteiger charge is 2.24. The maximum atomic E-state index is 12.7. The average Bonchev–Trinajstić information content (AvgIpc) is 2.52. The minimum atomic E-state index is 0.115. The van der Waals surface area contributed by atoms with Crippen LogP contribution >= 0.6 is 0 Å². The van der Waals surface area contributed by atoms with Gasteiger partial charge in [-0.3, -0.25) is 4.79 Å². The minimum Gasteiger partial charge on any atom is -0.381 e. The number of benzene rings is 1. The molecule has 0 spiro atoms. The van der Waals surface area contributed by atoms with Crippen LogP contribution in [0.3, 0.4) is 0 Å².